The van der Waals surface area contributed by atoms with Crippen molar-refractivity contribution in [3.05, 3.63) is 59.5 Å². The molecular formula is C20H22N2O3. The molecule has 5 nitrogen and oxygen atoms in total. The molecule has 1 heterocycles. The van der Waals surface area contributed by atoms with E-state index in [1.165, 1.54) is 30.2 Å². The zero-order chi connectivity index (χ0) is 17.3. The van der Waals surface area contributed by atoms with Crippen LogP contribution in [0.25, 0.3) is 0 Å². The van der Waals surface area contributed by atoms with Gasteiger partial charge in [-0.15, -0.1) is 0 Å². The maximum Gasteiger partial charge on any atom is 0.286 e. The van der Waals surface area contributed by atoms with E-state index in [0.29, 0.717) is 17.9 Å². The fraction of sp³-hybridized carbons (Fsp3) is 0.400. The number of rotatable bonds is 6. The largest absolute Gasteiger partial charge is 0.459 e. The number of aryl methyl sites for hydroxylation is 1. The highest BCUT2D eigenvalue weighted by atomic mass is 16.3. The van der Waals surface area contributed by atoms with E-state index in [4.69, 9.17) is 4.42 Å². The van der Waals surface area contributed by atoms with Crippen molar-refractivity contribution in [2.24, 2.45) is 5.92 Å². The van der Waals surface area contributed by atoms with Crippen molar-refractivity contribution in [1.29, 1.82) is 0 Å². The molecule has 1 aromatic heterocycles. The van der Waals surface area contributed by atoms with Crippen LogP contribution in [0.15, 0.2) is 47.1 Å². The monoisotopic (exact) mass is 338 g/mol. The molecule has 0 unspecified atom stereocenters. The number of benzene rings is 1. The Morgan fingerprint density at radius 3 is 2.88 bits per heavy atom. The lowest BCUT2D eigenvalue weighted by molar-refractivity contribution is -0.121. The van der Waals surface area contributed by atoms with Crippen LogP contribution in [0.3, 0.4) is 0 Å². The van der Waals surface area contributed by atoms with E-state index in [2.05, 4.69) is 34.9 Å². The van der Waals surface area contributed by atoms with Crippen molar-refractivity contribution in [1.82, 2.24) is 10.6 Å². The standard InChI is InChI=1S/C20H22N2O3/c23-18(8-10-21-19(24)17-6-3-11-25-17)22-13-15-12-20(15)9-7-14-4-1-2-5-16(14)20/h1-6,11,15H,7-10,12-13H2,(H,21,24)(H,22,23)/t15-,20-/m1/s1. The zero-order valence-corrected chi connectivity index (χ0v) is 14.1. The van der Waals surface area contributed by atoms with Crippen LogP contribution in [-0.4, -0.2) is 24.9 Å². The van der Waals surface area contributed by atoms with Crippen molar-refractivity contribution >= 4 is 11.8 Å². The van der Waals surface area contributed by atoms with Gasteiger partial charge < -0.3 is 15.1 Å². The molecule has 25 heavy (non-hydrogen) atoms. The van der Waals surface area contributed by atoms with Crippen LogP contribution in [0, 0.1) is 5.92 Å². The summed E-state index contributed by atoms with van der Waals surface area (Å²) in [6, 6.07) is 11.9. The second-order valence-electron chi connectivity index (χ2n) is 7.00. The van der Waals surface area contributed by atoms with Crippen LogP contribution in [0.2, 0.25) is 0 Å². The SMILES string of the molecule is O=C(CCNC(=O)c1ccco1)NC[C@H]1C[C@]12CCc1ccccc12. The van der Waals surface area contributed by atoms with Gasteiger partial charge in [-0.2, -0.15) is 0 Å². The average Bonchev–Trinajstić information content (AvgIpc) is 2.98. The maximum absolute atomic E-state index is 12.0. The summed E-state index contributed by atoms with van der Waals surface area (Å²) in [5.41, 5.74) is 3.26. The van der Waals surface area contributed by atoms with E-state index in [-0.39, 0.29) is 24.0 Å². The van der Waals surface area contributed by atoms with Crippen molar-refractivity contribution in [2.75, 3.05) is 13.1 Å². The molecule has 2 atom stereocenters. The third-order valence-electron chi connectivity index (χ3n) is 5.55. The highest BCUT2D eigenvalue weighted by Crippen LogP contribution is 2.61. The molecule has 2 amide bonds. The minimum Gasteiger partial charge on any atom is -0.459 e. The molecule has 1 spiro atoms. The lowest BCUT2D eigenvalue weighted by Gasteiger charge is -2.12. The molecule has 130 valence electrons. The quantitative estimate of drug-likeness (QED) is 0.850. The van der Waals surface area contributed by atoms with E-state index in [1.807, 2.05) is 0 Å². The van der Waals surface area contributed by atoms with Crippen LogP contribution in [-0.2, 0) is 16.6 Å². The van der Waals surface area contributed by atoms with E-state index < -0.39 is 0 Å². The number of furan rings is 1. The summed E-state index contributed by atoms with van der Waals surface area (Å²) in [4.78, 5) is 23.7. The molecule has 0 radical (unpaired) electrons. The molecule has 1 fully saturated rings. The lowest BCUT2D eigenvalue weighted by atomic mass is 9.95. The normalized spacial score (nSPS) is 23.3. The second-order valence-corrected chi connectivity index (χ2v) is 7.00. The van der Waals surface area contributed by atoms with E-state index in [0.717, 1.165) is 13.0 Å². The smallest absolute Gasteiger partial charge is 0.286 e. The summed E-state index contributed by atoms with van der Waals surface area (Å²) in [6.45, 7) is 1.03. The summed E-state index contributed by atoms with van der Waals surface area (Å²) >= 11 is 0. The molecule has 0 aliphatic heterocycles. The van der Waals surface area contributed by atoms with Crippen molar-refractivity contribution < 1.29 is 14.0 Å². The Labute approximate surface area is 146 Å². The number of carbonyl (C=O) groups is 2. The Morgan fingerprint density at radius 1 is 1.16 bits per heavy atom. The summed E-state index contributed by atoms with van der Waals surface area (Å²) < 4.78 is 5.01. The highest BCUT2D eigenvalue weighted by Gasteiger charge is 2.57. The van der Waals surface area contributed by atoms with Gasteiger partial charge in [-0.3, -0.25) is 9.59 Å². The van der Waals surface area contributed by atoms with Crippen molar-refractivity contribution in [2.45, 2.75) is 31.1 Å². The van der Waals surface area contributed by atoms with Gasteiger partial charge in [0.25, 0.3) is 5.91 Å². The molecule has 2 aliphatic carbocycles. The molecule has 2 aromatic rings. The van der Waals surface area contributed by atoms with Crippen LogP contribution < -0.4 is 10.6 Å². The Hall–Kier alpha value is -2.56. The van der Waals surface area contributed by atoms with Crippen LogP contribution >= 0.6 is 0 Å². The first-order valence-electron chi connectivity index (χ1n) is 8.86. The van der Waals surface area contributed by atoms with Gasteiger partial charge in [-0.25, -0.2) is 0 Å². The number of amides is 2. The summed E-state index contributed by atoms with van der Waals surface area (Å²) in [5.74, 6) is 0.493. The molecule has 1 saturated carbocycles. The Balaban J connectivity index is 1.20. The van der Waals surface area contributed by atoms with E-state index >= 15 is 0 Å². The molecule has 1 aromatic carbocycles. The van der Waals surface area contributed by atoms with Gasteiger partial charge in [-0.05, 0) is 48.4 Å². The number of hydrogen-bond donors (Lipinski definition) is 2. The molecule has 2 aliphatic rings. The van der Waals surface area contributed by atoms with Gasteiger partial charge >= 0.3 is 0 Å². The van der Waals surface area contributed by atoms with E-state index in [9.17, 15) is 9.59 Å². The number of carbonyl (C=O) groups excluding carboxylic acids is 2. The summed E-state index contributed by atoms with van der Waals surface area (Å²) in [7, 11) is 0. The van der Waals surface area contributed by atoms with Crippen LogP contribution in [0.5, 0.6) is 0 Å². The number of nitrogens with one attached hydrogen (secondary N) is 2. The van der Waals surface area contributed by atoms with Gasteiger partial charge in [0, 0.05) is 24.9 Å². The first kappa shape index (κ1) is 15.9. The van der Waals surface area contributed by atoms with Crippen molar-refractivity contribution in [3.8, 4) is 0 Å². The lowest BCUT2D eigenvalue weighted by Crippen LogP contribution is -2.32. The molecule has 0 saturated heterocycles. The van der Waals surface area contributed by atoms with Crippen LogP contribution in [0.1, 0.15) is 40.9 Å². The van der Waals surface area contributed by atoms with Gasteiger partial charge in [0.2, 0.25) is 5.91 Å². The predicted molar refractivity (Wildman–Crippen MR) is 93.2 cm³/mol. The first-order chi connectivity index (χ1) is 12.2. The van der Waals surface area contributed by atoms with Gasteiger partial charge in [0.05, 0.1) is 6.26 Å². The number of hydrogen-bond acceptors (Lipinski definition) is 3. The first-order valence-corrected chi connectivity index (χ1v) is 8.86. The van der Waals surface area contributed by atoms with Gasteiger partial charge in [-0.1, -0.05) is 24.3 Å². The fourth-order valence-electron chi connectivity index (χ4n) is 4.11. The predicted octanol–water partition coefficient (Wildman–Crippen LogP) is 2.42. The molecule has 2 N–H and O–H groups in total. The maximum atomic E-state index is 12.0. The molecule has 4 rings (SSSR count). The minimum atomic E-state index is -0.290. The highest BCUT2D eigenvalue weighted by molar-refractivity contribution is 5.91. The molecule has 5 heteroatoms. The second kappa shape index (κ2) is 6.39. The minimum absolute atomic E-state index is 0.0203. The van der Waals surface area contributed by atoms with Gasteiger partial charge in [0.1, 0.15) is 0 Å². The number of fused-ring (bicyclic) bond motifs is 2. The summed E-state index contributed by atoms with van der Waals surface area (Å²) in [6.07, 6.45) is 5.25. The Bertz CT molecular complexity index is 784. The average molecular weight is 338 g/mol. The van der Waals surface area contributed by atoms with Crippen LogP contribution in [0.4, 0.5) is 0 Å². The van der Waals surface area contributed by atoms with Crippen molar-refractivity contribution in [3.63, 3.8) is 0 Å². The third kappa shape index (κ3) is 3.06. The topological polar surface area (TPSA) is 71.3 Å². The Kier molecular flexibility index (Phi) is 4.07. The zero-order valence-electron chi connectivity index (χ0n) is 14.1. The third-order valence-corrected chi connectivity index (χ3v) is 5.55. The Morgan fingerprint density at radius 2 is 2.04 bits per heavy atom. The molecular weight excluding hydrogens is 316 g/mol. The summed E-state index contributed by atoms with van der Waals surface area (Å²) in [5, 5.41) is 5.71. The van der Waals surface area contributed by atoms with Gasteiger partial charge in [0.15, 0.2) is 5.76 Å². The fourth-order valence-corrected chi connectivity index (χ4v) is 4.11. The molecule has 0 bridgehead atoms. The van der Waals surface area contributed by atoms with E-state index in [1.54, 1.807) is 12.1 Å².